The third-order valence-electron chi connectivity index (χ3n) is 4.83. The number of benzene rings is 2. The van der Waals surface area contributed by atoms with Crippen LogP contribution in [0, 0.1) is 5.92 Å². The van der Waals surface area contributed by atoms with Crippen LogP contribution in [0.4, 0.5) is 0 Å². The smallest absolute Gasteiger partial charge is 0.242 e. The monoisotopic (exact) mass is 380 g/mol. The fourth-order valence-electron chi connectivity index (χ4n) is 3.40. The van der Waals surface area contributed by atoms with E-state index in [1.165, 1.54) is 0 Å². The van der Waals surface area contributed by atoms with E-state index in [0.717, 1.165) is 34.5 Å². The highest BCUT2D eigenvalue weighted by atomic mass is 16.5. The molecule has 4 rings (SSSR count). The number of nitrogens with one attached hydrogen (secondary N) is 1. The van der Waals surface area contributed by atoms with Crippen LogP contribution in [-0.4, -0.2) is 34.1 Å². The molecule has 146 valence electrons. The van der Waals surface area contributed by atoms with Crippen LogP contribution < -0.4 is 14.8 Å². The van der Waals surface area contributed by atoms with E-state index >= 15 is 0 Å². The van der Waals surface area contributed by atoms with E-state index in [0.29, 0.717) is 13.2 Å². The average Bonchev–Trinajstić information content (AvgIpc) is 2.94. The Morgan fingerprint density at radius 1 is 1.14 bits per heavy atom. The molecule has 0 spiro atoms. The molecule has 3 aromatic rings. The third-order valence-corrected chi connectivity index (χ3v) is 4.83. The van der Waals surface area contributed by atoms with E-state index in [4.69, 9.17) is 9.47 Å². The molecule has 28 heavy (non-hydrogen) atoms. The first-order chi connectivity index (χ1) is 13.6. The number of hydrogen-bond acceptors (Lipinski definition) is 5. The maximum absolute atomic E-state index is 12.7. The fraction of sp³-hybridized carbons (Fsp3) is 0.381. The zero-order chi connectivity index (χ0) is 19.5. The quantitative estimate of drug-likeness (QED) is 0.736. The minimum Gasteiger partial charge on any atom is -0.490 e. The van der Waals surface area contributed by atoms with E-state index < -0.39 is 0 Å². The van der Waals surface area contributed by atoms with E-state index in [9.17, 15) is 4.79 Å². The average molecular weight is 380 g/mol. The van der Waals surface area contributed by atoms with Gasteiger partial charge in [-0.3, -0.25) is 4.79 Å². The lowest BCUT2D eigenvalue weighted by Gasteiger charge is -2.24. The molecule has 0 fully saturated rings. The van der Waals surface area contributed by atoms with Crippen LogP contribution >= 0.6 is 0 Å². The van der Waals surface area contributed by atoms with Crippen LogP contribution in [-0.2, 0) is 11.3 Å². The van der Waals surface area contributed by atoms with Gasteiger partial charge in [0.1, 0.15) is 12.1 Å². The van der Waals surface area contributed by atoms with Crippen molar-refractivity contribution in [2.45, 2.75) is 32.9 Å². The second-order valence-electron chi connectivity index (χ2n) is 7.28. The first-order valence-electron chi connectivity index (χ1n) is 9.59. The molecule has 1 aromatic heterocycles. The molecular formula is C21H24N4O3. The molecule has 0 saturated heterocycles. The predicted molar refractivity (Wildman–Crippen MR) is 105 cm³/mol. The zero-order valence-electron chi connectivity index (χ0n) is 16.1. The number of nitrogens with zero attached hydrogens (tertiary/aromatic N) is 3. The lowest BCUT2D eigenvalue weighted by atomic mass is 9.95. The van der Waals surface area contributed by atoms with Crippen molar-refractivity contribution >= 4 is 16.9 Å². The Morgan fingerprint density at radius 3 is 2.75 bits per heavy atom. The molecule has 2 aromatic carbocycles. The Morgan fingerprint density at radius 2 is 1.93 bits per heavy atom. The summed E-state index contributed by atoms with van der Waals surface area (Å²) in [5.41, 5.74) is 2.61. The molecule has 0 bridgehead atoms. The van der Waals surface area contributed by atoms with Crippen LogP contribution in [0.25, 0.3) is 11.0 Å². The van der Waals surface area contributed by atoms with Gasteiger partial charge in [-0.25, -0.2) is 4.68 Å². The highest BCUT2D eigenvalue weighted by Gasteiger charge is 2.21. The lowest BCUT2D eigenvalue weighted by Crippen LogP contribution is -2.34. The Kier molecular flexibility index (Phi) is 5.14. The van der Waals surface area contributed by atoms with E-state index in [-0.39, 0.29) is 24.4 Å². The molecular weight excluding hydrogens is 356 g/mol. The summed E-state index contributed by atoms with van der Waals surface area (Å²) >= 11 is 0. The van der Waals surface area contributed by atoms with Crippen molar-refractivity contribution in [3.8, 4) is 11.5 Å². The predicted octanol–water partition coefficient (Wildman–Crippen LogP) is 3.11. The number of ether oxygens (including phenoxy) is 2. The van der Waals surface area contributed by atoms with E-state index in [1.807, 2.05) is 42.5 Å². The molecule has 7 nitrogen and oxygen atoms in total. The number of carbonyl (C=O) groups excluding carboxylic acids is 1. The normalized spacial score (nSPS) is 14.7. The van der Waals surface area contributed by atoms with Crippen molar-refractivity contribution in [3.05, 3.63) is 48.0 Å². The van der Waals surface area contributed by atoms with Gasteiger partial charge >= 0.3 is 0 Å². The number of aromatic nitrogens is 3. The van der Waals surface area contributed by atoms with Crippen molar-refractivity contribution in [2.24, 2.45) is 5.92 Å². The Bertz CT molecular complexity index is 983. The van der Waals surface area contributed by atoms with Gasteiger partial charge in [-0.1, -0.05) is 37.3 Å². The highest BCUT2D eigenvalue weighted by Crippen LogP contribution is 2.34. The number of hydrogen-bond donors (Lipinski definition) is 1. The van der Waals surface area contributed by atoms with Crippen molar-refractivity contribution in [1.82, 2.24) is 20.3 Å². The summed E-state index contributed by atoms with van der Waals surface area (Å²) in [4.78, 5) is 12.7. The molecule has 1 atom stereocenters. The van der Waals surface area contributed by atoms with Crippen LogP contribution in [0.1, 0.15) is 31.9 Å². The maximum atomic E-state index is 12.7. The van der Waals surface area contributed by atoms with Crippen molar-refractivity contribution in [2.75, 3.05) is 13.2 Å². The van der Waals surface area contributed by atoms with Crippen molar-refractivity contribution in [3.63, 3.8) is 0 Å². The largest absolute Gasteiger partial charge is 0.490 e. The summed E-state index contributed by atoms with van der Waals surface area (Å²) in [5, 5.41) is 11.3. The van der Waals surface area contributed by atoms with Gasteiger partial charge in [0, 0.05) is 6.42 Å². The summed E-state index contributed by atoms with van der Waals surface area (Å²) in [6, 6.07) is 13.3. The summed E-state index contributed by atoms with van der Waals surface area (Å²) in [6.07, 6.45) is 0.861. The van der Waals surface area contributed by atoms with Crippen LogP contribution in [0.5, 0.6) is 11.5 Å². The molecule has 7 heteroatoms. The zero-order valence-corrected chi connectivity index (χ0v) is 16.1. The van der Waals surface area contributed by atoms with Gasteiger partial charge in [0.2, 0.25) is 5.91 Å². The van der Waals surface area contributed by atoms with Crippen molar-refractivity contribution < 1.29 is 14.3 Å². The molecule has 1 unspecified atom stereocenters. The topological polar surface area (TPSA) is 78.3 Å². The molecule has 0 aliphatic carbocycles. The second kappa shape index (κ2) is 7.88. The number of para-hydroxylation sites is 1. The third kappa shape index (κ3) is 3.78. The van der Waals surface area contributed by atoms with Gasteiger partial charge in [-0.15, -0.1) is 5.10 Å². The summed E-state index contributed by atoms with van der Waals surface area (Å²) in [5.74, 6) is 1.59. The van der Waals surface area contributed by atoms with E-state index in [2.05, 4.69) is 29.5 Å². The summed E-state index contributed by atoms with van der Waals surface area (Å²) in [7, 11) is 0. The second-order valence-corrected chi connectivity index (χ2v) is 7.28. The summed E-state index contributed by atoms with van der Waals surface area (Å²) < 4.78 is 13.1. The molecule has 1 N–H and O–H groups in total. The molecule has 1 amide bonds. The standard InChI is InChI=1S/C21H24N4O3/c1-14(2)21(15-8-9-18-19(12-15)28-11-5-10-27-18)22-20(26)13-25-17-7-4-3-6-16(17)23-24-25/h3-4,6-9,12,14,21H,5,10-11,13H2,1-2H3,(H,22,26). The first-order valence-corrected chi connectivity index (χ1v) is 9.59. The van der Waals surface area contributed by atoms with Crippen LogP contribution in [0.3, 0.4) is 0 Å². The lowest BCUT2D eigenvalue weighted by molar-refractivity contribution is -0.122. The van der Waals surface area contributed by atoms with Crippen LogP contribution in [0.15, 0.2) is 42.5 Å². The number of rotatable bonds is 5. The minimum absolute atomic E-state index is 0.110. The van der Waals surface area contributed by atoms with Crippen LogP contribution in [0.2, 0.25) is 0 Å². The summed E-state index contributed by atoms with van der Waals surface area (Å²) in [6.45, 7) is 5.57. The molecule has 2 heterocycles. The Hall–Kier alpha value is -3.09. The van der Waals surface area contributed by atoms with Gasteiger partial charge in [-0.05, 0) is 35.7 Å². The fourth-order valence-corrected chi connectivity index (χ4v) is 3.40. The van der Waals surface area contributed by atoms with Crippen molar-refractivity contribution in [1.29, 1.82) is 0 Å². The van der Waals surface area contributed by atoms with Gasteiger partial charge in [0.05, 0.1) is 24.8 Å². The Balaban J connectivity index is 1.52. The molecule has 0 saturated carbocycles. The first kappa shape index (κ1) is 18.3. The molecule has 0 radical (unpaired) electrons. The van der Waals surface area contributed by atoms with Gasteiger partial charge in [-0.2, -0.15) is 0 Å². The molecule has 1 aliphatic rings. The van der Waals surface area contributed by atoms with Gasteiger partial charge < -0.3 is 14.8 Å². The SMILES string of the molecule is CC(C)C(NC(=O)Cn1nnc2ccccc21)c1ccc2c(c1)OCCCO2. The number of carbonyl (C=O) groups is 1. The minimum atomic E-state index is -0.139. The van der Waals surface area contributed by atoms with E-state index in [1.54, 1.807) is 4.68 Å². The maximum Gasteiger partial charge on any atom is 0.242 e. The number of fused-ring (bicyclic) bond motifs is 2. The van der Waals surface area contributed by atoms with Gasteiger partial charge in [0.25, 0.3) is 0 Å². The highest BCUT2D eigenvalue weighted by molar-refractivity contribution is 5.80. The number of amides is 1. The molecule has 1 aliphatic heterocycles. The van der Waals surface area contributed by atoms with Gasteiger partial charge in [0.15, 0.2) is 11.5 Å². The Labute approximate surface area is 163 Å².